The van der Waals surface area contributed by atoms with Crippen LogP contribution in [-0.2, 0) is 21.2 Å². The van der Waals surface area contributed by atoms with Crippen molar-refractivity contribution in [3.63, 3.8) is 0 Å². The first-order chi connectivity index (χ1) is 13.8. The van der Waals surface area contributed by atoms with E-state index in [1.54, 1.807) is 24.3 Å². The van der Waals surface area contributed by atoms with E-state index in [1.165, 1.54) is 4.31 Å². The van der Waals surface area contributed by atoms with Crippen LogP contribution in [0, 0.1) is 5.92 Å². The van der Waals surface area contributed by atoms with Crippen LogP contribution in [0.1, 0.15) is 43.9 Å². The highest BCUT2D eigenvalue weighted by atomic mass is 79.9. The Labute approximate surface area is 181 Å². The molecule has 7 heteroatoms. The Balaban J connectivity index is 1.89. The zero-order valence-electron chi connectivity index (χ0n) is 16.8. The maximum absolute atomic E-state index is 13.4. The third-order valence-corrected chi connectivity index (χ3v) is 7.66. The second-order valence-electron chi connectivity index (χ2n) is 7.77. The van der Waals surface area contributed by atoms with Gasteiger partial charge in [-0.25, -0.2) is 8.42 Å². The van der Waals surface area contributed by atoms with Gasteiger partial charge in [0, 0.05) is 24.0 Å². The Morgan fingerprint density at radius 3 is 2.55 bits per heavy atom. The van der Waals surface area contributed by atoms with Gasteiger partial charge in [-0.05, 0) is 54.2 Å². The molecule has 156 valence electrons. The molecule has 3 rings (SSSR count). The van der Waals surface area contributed by atoms with Crippen molar-refractivity contribution < 1.29 is 13.2 Å². The highest BCUT2D eigenvalue weighted by Crippen LogP contribution is 2.36. The van der Waals surface area contributed by atoms with Gasteiger partial charge < -0.3 is 5.32 Å². The lowest BCUT2D eigenvalue weighted by Gasteiger charge is -2.36. The molecule has 0 radical (unpaired) electrons. The number of fused-ring (bicyclic) bond motifs is 1. The number of benzene rings is 2. The second-order valence-corrected chi connectivity index (χ2v) is 10.6. The number of sulfonamides is 1. The fraction of sp³-hybridized carbons (Fsp3) is 0.409. The van der Waals surface area contributed by atoms with Crippen LogP contribution in [0.5, 0.6) is 0 Å². The first-order valence-electron chi connectivity index (χ1n) is 9.91. The summed E-state index contributed by atoms with van der Waals surface area (Å²) >= 11 is 3.35. The summed E-state index contributed by atoms with van der Waals surface area (Å²) < 4.78 is 29.1. The van der Waals surface area contributed by atoms with Crippen molar-refractivity contribution in [2.45, 2.75) is 44.0 Å². The molecule has 29 heavy (non-hydrogen) atoms. The Morgan fingerprint density at radius 1 is 1.17 bits per heavy atom. The van der Waals surface area contributed by atoms with Crippen molar-refractivity contribution in [2.75, 3.05) is 13.1 Å². The van der Waals surface area contributed by atoms with Gasteiger partial charge in [-0.2, -0.15) is 4.31 Å². The minimum atomic E-state index is -3.72. The van der Waals surface area contributed by atoms with E-state index in [2.05, 4.69) is 35.1 Å². The molecule has 1 amide bonds. The minimum Gasteiger partial charge on any atom is -0.356 e. The number of amides is 1. The number of rotatable bonds is 7. The lowest BCUT2D eigenvalue weighted by Crippen LogP contribution is -2.42. The summed E-state index contributed by atoms with van der Waals surface area (Å²) in [5.41, 5.74) is 2.02. The summed E-state index contributed by atoms with van der Waals surface area (Å²) in [6.45, 7) is 5.18. The first-order valence-corrected chi connectivity index (χ1v) is 12.1. The molecule has 0 bridgehead atoms. The summed E-state index contributed by atoms with van der Waals surface area (Å²) in [6, 6.07) is 13.9. The van der Waals surface area contributed by atoms with E-state index in [-0.39, 0.29) is 17.2 Å². The van der Waals surface area contributed by atoms with Gasteiger partial charge >= 0.3 is 0 Å². The Kier molecular flexibility index (Phi) is 7.14. The Bertz CT molecular complexity index is 958. The molecule has 1 aliphatic heterocycles. The van der Waals surface area contributed by atoms with Crippen LogP contribution in [0.25, 0.3) is 0 Å². The van der Waals surface area contributed by atoms with Crippen LogP contribution in [0.4, 0.5) is 0 Å². The van der Waals surface area contributed by atoms with Crippen LogP contribution in [0.3, 0.4) is 0 Å². The summed E-state index contributed by atoms with van der Waals surface area (Å²) in [5.74, 6) is 0.378. The molecule has 0 aliphatic carbocycles. The number of hydrogen-bond acceptors (Lipinski definition) is 3. The predicted molar refractivity (Wildman–Crippen MR) is 118 cm³/mol. The van der Waals surface area contributed by atoms with Crippen molar-refractivity contribution in [2.24, 2.45) is 5.92 Å². The Hall–Kier alpha value is -1.70. The van der Waals surface area contributed by atoms with E-state index in [0.717, 1.165) is 22.0 Å². The molecule has 0 aromatic heterocycles. The van der Waals surface area contributed by atoms with Crippen molar-refractivity contribution in [3.8, 4) is 0 Å². The fourth-order valence-corrected chi connectivity index (χ4v) is 5.49. The number of hydrogen-bond donors (Lipinski definition) is 1. The van der Waals surface area contributed by atoms with Crippen molar-refractivity contribution >= 4 is 31.9 Å². The summed E-state index contributed by atoms with van der Waals surface area (Å²) in [7, 11) is -3.72. The average molecular weight is 479 g/mol. The number of nitrogens with one attached hydrogen (secondary N) is 1. The maximum Gasteiger partial charge on any atom is 0.243 e. The first kappa shape index (κ1) is 22.0. The molecule has 1 N–H and O–H groups in total. The SMILES string of the molecule is CC(C)CCNC(=O)C[C@@H]1c2ccccc2CCN1S(=O)(=O)c1ccc(Br)cc1. The van der Waals surface area contributed by atoms with Gasteiger partial charge in [-0.1, -0.05) is 54.0 Å². The van der Waals surface area contributed by atoms with Gasteiger partial charge in [-0.3, -0.25) is 4.79 Å². The van der Waals surface area contributed by atoms with Gasteiger partial charge in [0.15, 0.2) is 0 Å². The van der Waals surface area contributed by atoms with Crippen LogP contribution >= 0.6 is 15.9 Å². The number of halogens is 1. The average Bonchev–Trinajstić information content (AvgIpc) is 2.68. The fourth-order valence-electron chi connectivity index (χ4n) is 3.62. The molecule has 0 fully saturated rings. The van der Waals surface area contributed by atoms with Crippen molar-refractivity contribution in [3.05, 3.63) is 64.1 Å². The van der Waals surface area contributed by atoms with Crippen LogP contribution in [0.15, 0.2) is 57.9 Å². The third-order valence-electron chi connectivity index (χ3n) is 5.21. The van der Waals surface area contributed by atoms with Crippen molar-refractivity contribution in [1.29, 1.82) is 0 Å². The topological polar surface area (TPSA) is 66.5 Å². The van der Waals surface area contributed by atoms with Gasteiger partial charge in [0.25, 0.3) is 0 Å². The number of carbonyl (C=O) groups is 1. The zero-order chi connectivity index (χ0) is 21.0. The largest absolute Gasteiger partial charge is 0.356 e. The quantitative estimate of drug-likeness (QED) is 0.645. The van der Waals surface area contributed by atoms with Crippen LogP contribution in [-0.4, -0.2) is 31.7 Å². The van der Waals surface area contributed by atoms with E-state index in [1.807, 2.05) is 24.3 Å². The van der Waals surface area contributed by atoms with E-state index in [9.17, 15) is 13.2 Å². The van der Waals surface area contributed by atoms with Gasteiger partial charge in [0.1, 0.15) is 0 Å². The Morgan fingerprint density at radius 2 is 1.86 bits per heavy atom. The molecule has 2 aromatic carbocycles. The van der Waals surface area contributed by atoms with Gasteiger partial charge in [0.05, 0.1) is 10.9 Å². The molecule has 0 saturated carbocycles. The molecular weight excluding hydrogens is 452 g/mol. The van der Waals surface area contributed by atoms with E-state index >= 15 is 0 Å². The monoisotopic (exact) mass is 478 g/mol. The molecule has 1 aliphatic rings. The zero-order valence-corrected chi connectivity index (χ0v) is 19.2. The van der Waals surface area contributed by atoms with Crippen LogP contribution < -0.4 is 5.32 Å². The lowest BCUT2D eigenvalue weighted by molar-refractivity contribution is -0.122. The normalized spacial score (nSPS) is 17.2. The molecule has 0 saturated heterocycles. The van der Waals surface area contributed by atoms with E-state index in [4.69, 9.17) is 0 Å². The molecule has 2 aromatic rings. The highest BCUT2D eigenvalue weighted by Gasteiger charge is 2.37. The molecule has 5 nitrogen and oxygen atoms in total. The molecule has 1 heterocycles. The second kappa shape index (κ2) is 9.41. The predicted octanol–water partition coefficient (Wildman–Crippen LogP) is 4.29. The minimum absolute atomic E-state index is 0.116. The molecular formula is C22H27BrN2O3S. The standard InChI is InChI=1S/C22H27BrN2O3S/c1-16(2)11-13-24-22(26)15-21-20-6-4-3-5-17(20)12-14-25(21)29(27,28)19-9-7-18(23)8-10-19/h3-10,16,21H,11-15H2,1-2H3,(H,24,26)/t21-/m1/s1. The summed E-state index contributed by atoms with van der Waals surface area (Å²) in [4.78, 5) is 12.9. The summed E-state index contributed by atoms with van der Waals surface area (Å²) in [6.07, 6.45) is 1.65. The smallest absolute Gasteiger partial charge is 0.243 e. The summed E-state index contributed by atoms with van der Waals surface area (Å²) in [5, 5.41) is 2.94. The molecule has 0 unspecified atom stereocenters. The maximum atomic E-state index is 13.4. The lowest BCUT2D eigenvalue weighted by atomic mass is 9.92. The van der Waals surface area contributed by atoms with E-state index in [0.29, 0.717) is 25.4 Å². The van der Waals surface area contributed by atoms with E-state index < -0.39 is 16.1 Å². The number of nitrogens with zero attached hydrogens (tertiary/aromatic N) is 1. The van der Waals surface area contributed by atoms with Gasteiger partial charge in [0.2, 0.25) is 15.9 Å². The van der Waals surface area contributed by atoms with Crippen LogP contribution in [0.2, 0.25) is 0 Å². The molecule has 1 atom stereocenters. The molecule has 0 spiro atoms. The van der Waals surface area contributed by atoms with Gasteiger partial charge in [-0.15, -0.1) is 0 Å². The number of carbonyl (C=O) groups excluding carboxylic acids is 1. The van der Waals surface area contributed by atoms with Crippen molar-refractivity contribution in [1.82, 2.24) is 9.62 Å². The third kappa shape index (κ3) is 5.27. The highest BCUT2D eigenvalue weighted by molar-refractivity contribution is 9.10.